The summed E-state index contributed by atoms with van der Waals surface area (Å²) in [5.41, 5.74) is 0. The van der Waals surface area contributed by atoms with E-state index in [0.717, 1.165) is 70.6 Å². The predicted molar refractivity (Wildman–Crippen MR) is 403 cm³/mol. The zero-order valence-corrected chi connectivity index (χ0v) is 63.1. The van der Waals surface area contributed by atoms with E-state index in [9.17, 15) is 19.5 Å². The van der Waals surface area contributed by atoms with Crippen LogP contribution in [0.4, 0.5) is 0 Å². The fraction of sp³-hybridized carbons (Fsp3) is 0.847. The van der Waals surface area contributed by atoms with Gasteiger partial charge in [0.2, 0.25) is 0 Å². The van der Waals surface area contributed by atoms with Crippen molar-refractivity contribution in [1.82, 2.24) is 0 Å². The minimum absolute atomic E-state index is 0.150. The highest BCUT2D eigenvalue weighted by Gasteiger charge is 2.22. The maximum Gasteiger partial charge on any atom is 0.306 e. The summed E-state index contributed by atoms with van der Waals surface area (Å²) in [5, 5.41) is 11.9. The third-order valence-corrected chi connectivity index (χ3v) is 18.5. The van der Waals surface area contributed by atoms with E-state index in [1.807, 2.05) is 21.1 Å². The van der Waals surface area contributed by atoms with Gasteiger partial charge >= 0.3 is 11.9 Å². The second-order valence-electron chi connectivity index (χ2n) is 29.0. The lowest BCUT2D eigenvalue weighted by Crippen LogP contribution is -2.44. The van der Waals surface area contributed by atoms with Crippen LogP contribution in [0.3, 0.4) is 0 Å². The Morgan fingerprint density at radius 1 is 0.330 bits per heavy atom. The molecule has 0 saturated carbocycles. The molecule has 2 unspecified atom stereocenters. The molecule has 0 saturated heterocycles. The Balaban J connectivity index is 3.96. The van der Waals surface area contributed by atoms with Crippen LogP contribution in [0.1, 0.15) is 406 Å². The van der Waals surface area contributed by atoms with E-state index < -0.39 is 24.3 Å². The van der Waals surface area contributed by atoms with Gasteiger partial charge in [-0.3, -0.25) is 9.59 Å². The van der Waals surface area contributed by atoms with Gasteiger partial charge < -0.3 is 33.3 Å². The van der Waals surface area contributed by atoms with Crippen molar-refractivity contribution in [3.63, 3.8) is 0 Å². The largest absolute Gasteiger partial charge is 0.545 e. The molecule has 0 heterocycles. The number of nitrogens with zero attached hydrogens (tertiary/aromatic N) is 1. The molecular formula is C85H157NO8. The van der Waals surface area contributed by atoms with Crippen molar-refractivity contribution in [3.8, 4) is 0 Å². The average molecular weight is 1320 g/mol. The van der Waals surface area contributed by atoms with E-state index in [0.29, 0.717) is 17.4 Å². The number of carbonyl (C=O) groups is 3. The molecule has 0 aromatic heterocycles. The highest BCUT2D eigenvalue weighted by Crippen LogP contribution is 2.20. The standard InChI is InChI=1S/C85H157NO8/c1-6-8-10-12-14-16-18-20-22-24-26-28-30-32-34-36-38-40-41-42-43-44-46-48-50-52-54-56-58-60-62-64-66-68-70-72-74-76-83(88)94-81(80-93-85(84(89)90)91-78-77-86(3,4)5)79-92-82(87)75-73-71-69-67-65-63-61-59-57-55-53-51-49-47-45-39-37-35-33-31-29-27-25-23-21-19-17-15-13-11-9-7-2/h8,10,14,16,20,22,26,28,32,34,81,85H,6-7,9,11-13,15,17-19,21,23-25,27,29-31,33,35-80H2,1-5H3/b10-8-,16-14-,22-20-,28-26-,34-32-. The van der Waals surface area contributed by atoms with Crippen LogP contribution in [-0.2, 0) is 33.3 Å². The molecule has 0 rings (SSSR count). The molecule has 0 aliphatic heterocycles. The van der Waals surface area contributed by atoms with Crippen LogP contribution >= 0.6 is 0 Å². The van der Waals surface area contributed by atoms with Crippen molar-refractivity contribution in [3.05, 3.63) is 60.8 Å². The summed E-state index contributed by atoms with van der Waals surface area (Å²) in [6, 6.07) is 0. The first-order valence-electron chi connectivity index (χ1n) is 40.9. The summed E-state index contributed by atoms with van der Waals surface area (Å²) in [7, 11) is 5.95. The summed E-state index contributed by atoms with van der Waals surface area (Å²) in [4.78, 5) is 37.6. The second kappa shape index (κ2) is 75.8. The summed E-state index contributed by atoms with van der Waals surface area (Å²) in [6.45, 7) is 4.71. The third kappa shape index (κ3) is 76.4. The van der Waals surface area contributed by atoms with Crippen molar-refractivity contribution in [1.29, 1.82) is 0 Å². The van der Waals surface area contributed by atoms with Gasteiger partial charge in [-0.25, -0.2) is 0 Å². The lowest BCUT2D eigenvalue weighted by atomic mass is 10.0. The number of ether oxygens (including phenoxy) is 4. The third-order valence-electron chi connectivity index (χ3n) is 18.5. The number of carbonyl (C=O) groups excluding carboxylic acids is 3. The number of carboxylic acid groups (broad SMARTS) is 1. The summed E-state index contributed by atoms with van der Waals surface area (Å²) < 4.78 is 22.9. The van der Waals surface area contributed by atoms with Crippen molar-refractivity contribution in [2.45, 2.75) is 418 Å². The molecular weight excluding hydrogens is 1160 g/mol. The molecule has 0 radical (unpaired) electrons. The predicted octanol–water partition coefficient (Wildman–Crippen LogP) is 24.9. The Morgan fingerprint density at radius 3 is 0.904 bits per heavy atom. The first-order valence-corrected chi connectivity index (χ1v) is 40.9. The normalized spacial score (nSPS) is 12.9. The van der Waals surface area contributed by atoms with Gasteiger partial charge in [0.25, 0.3) is 0 Å². The van der Waals surface area contributed by atoms with Gasteiger partial charge in [0.05, 0.1) is 40.3 Å². The first kappa shape index (κ1) is 91.0. The van der Waals surface area contributed by atoms with Crippen LogP contribution in [0.25, 0.3) is 0 Å². The topological polar surface area (TPSA) is 111 Å². The van der Waals surface area contributed by atoms with Crippen molar-refractivity contribution < 1.29 is 42.9 Å². The molecule has 2 atom stereocenters. The highest BCUT2D eigenvalue weighted by molar-refractivity contribution is 5.70. The Kier molecular flexibility index (Phi) is 73.3. The Morgan fingerprint density at radius 2 is 0.606 bits per heavy atom. The molecule has 94 heavy (non-hydrogen) atoms. The fourth-order valence-electron chi connectivity index (χ4n) is 12.3. The highest BCUT2D eigenvalue weighted by atomic mass is 16.7. The van der Waals surface area contributed by atoms with E-state index in [4.69, 9.17) is 18.9 Å². The number of quaternary nitrogens is 1. The molecule has 9 nitrogen and oxygen atoms in total. The van der Waals surface area contributed by atoms with Crippen molar-refractivity contribution in [2.75, 3.05) is 47.5 Å². The quantitative estimate of drug-likeness (QED) is 0.0195. The molecule has 0 aromatic carbocycles. The lowest BCUT2D eigenvalue weighted by Gasteiger charge is -2.26. The number of likely N-dealkylation sites (N-methyl/N-ethyl adjacent to an activating group) is 1. The molecule has 0 aromatic rings. The minimum Gasteiger partial charge on any atom is -0.545 e. The van der Waals surface area contributed by atoms with E-state index in [2.05, 4.69) is 74.6 Å². The van der Waals surface area contributed by atoms with E-state index in [-0.39, 0.29) is 32.2 Å². The zero-order valence-electron chi connectivity index (χ0n) is 63.1. The van der Waals surface area contributed by atoms with Gasteiger partial charge in [0, 0.05) is 12.8 Å². The van der Waals surface area contributed by atoms with Gasteiger partial charge in [-0.15, -0.1) is 0 Å². The van der Waals surface area contributed by atoms with Crippen LogP contribution in [0.2, 0.25) is 0 Å². The van der Waals surface area contributed by atoms with Gasteiger partial charge in [-0.2, -0.15) is 0 Å². The summed E-state index contributed by atoms with van der Waals surface area (Å²) in [5.74, 6) is -2.25. The number of hydrogen-bond acceptors (Lipinski definition) is 8. The van der Waals surface area contributed by atoms with Crippen LogP contribution in [-0.4, -0.2) is 82.3 Å². The zero-order chi connectivity index (χ0) is 68.2. The molecule has 0 fully saturated rings. The van der Waals surface area contributed by atoms with Gasteiger partial charge in [-0.05, 0) is 57.8 Å². The number of esters is 2. The van der Waals surface area contributed by atoms with Crippen LogP contribution in [0.5, 0.6) is 0 Å². The Bertz CT molecular complexity index is 1730. The first-order chi connectivity index (χ1) is 46.1. The number of allylic oxidation sites excluding steroid dienone is 10. The van der Waals surface area contributed by atoms with Crippen LogP contribution < -0.4 is 5.11 Å². The van der Waals surface area contributed by atoms with E-state index in [1.165, 1.54) is 308 Å². The Hall–Kier alpha value is -3.01. The number of aliphatic carboxylic acids is 1. The molecule has 550 valence electrons. The smallest absolute Gasteiger partial charge is 0.306 e. The molecule has 0 aliphatic carbocycles. The number of unbranched alkanes of at least 4 members (excludes halogenated alkanes) is 52. The summed E-state index contributed by atoms with van der Waals surface area (Å²) >= 11 is 0. The molecule has 0 amide bonds. The molecule has 0 N–H and O–H groups in total. The van der Waals surface area contributed by atoms with Crippen molar-refractivity contribution >= 4 is 17.9 Å². The lowest BCUT2D eigenvalue weighted by molar-refractivity contribution is -0.870. The molecule has 0 spiro atoms. The maximum atomic E-state index is 13.0. The fourth-order valence-corrected chi connectivity index (χ4v) is 12.3. The SMILES string of the molecule is CC/C=C\C/C=C\C/C=C\C/C=C\C/C=C\CCCCCCCCCCCCCCCCCCCCCCCC(=O)OC(COC(=O)CCCCCCCCCCCCCCCCCCCCCCCCCCCCCCCCCC)COC(OCC[N+](C)(C)C)C(=O)[O-]. The van der Waals surface area contributed by atoms with E-state index in [1.54, 1.807) is 0 Å². The van der Waals surface area contributed by atoms with Gasteiger partial charge in [0.1, 0.15) is 13.2 Å². The minimum atomic E-state index is -1.62. The van der Waals surface area contributed by atoms with Gasteiger partial charge in [0.15, 0.2) is 12.4 Å². The van der Waals surface area contributed by atoms with Crippen LogP contribution in [0, 0.1) is 0 Å². The summed E-state index contributed by atoms with van der Waals surface area (Å²) in [6.07, 6.45) is 97.9. The number of rotatable bonds is 77. The average Bonchev–Trinajstić information content (AvgIpc) is 3.75. The number of hydrogen-bond donors (Lipinski definition) is 0. The monoisotopic (exact) mass is 1320 g/mol. The molecule has 0 aliphatic rings. The molecule has 9 heteroatoms. The van der Waals surface area contributed by atoms with Crippen LogP contribution in [0.15, 0.2) is 60.8 Å². The molecule has 0 bridgehead atoms. The van der Waals surface area contributed by atoms with E-state index >= 15 is 0 Å². The Labute approximate surface area is 584 Å². The maximum absolute atomic E-state index is 13.0. The second-order valence-corrected chi connectivity index (χ2v) is 29.0. The van der Waals surface area contributed by atoms with Gasteiger partial charge in [-0.1, -0.05) is 396 Å². The number of carboxylic acids is 1. The van der Waals surface area contributed by atoms with Crippen molar-refractivity contribution in [2.24, 2.45) is 0 Å².